The van der Waals surface area contributed by atoms with Crippen LogP contribution in [0.1, 0.15) is 20.8 Å². The van der Waals surface area contributed by atoms with E-state index in [0.29, 0.717) is 5.75 Å². The minimum atomic E-state index is -1.84. The van der Waals surface area contributed by atoms with Crippen molar-refractivity contribution < 1.29 is 19.0 Å². The van der Waals surface area contributed by atoms with Crippen molar-refractivity contribution in [3.63, 3.8) is 0 Å². The number of hydrogen-bond donors (Lipinski definition) is 0. The number of carbonyl (C=O) groups excluding carboxylic acids is 1. The van der Waals surface area contributed by atoms with Crippen LogP contribution in [0.3, 0.4) is 0 Å². The van der Waals surface area contributed by atoms with E-state index in [1.807, 2.05) is 6.07 Å². The highest BCUT2D eigenvalue weighted by atomic mass is 16.9. The summed E-state index contributed by atoms with van der Waals surface area (Å²) in [6.07, 6.45) is -1.84. The number of esters is 1. The molecule has 0 N–H and O–H groups in total. The SMILES string of the molecule is CC(=O)OC1(Oc2ccccc2)N=NC(C)(C)O1. The summed E-state index contributed by atoms with van der Waals surface area (Å²) in [4.78, 5) is 11.1. The van der Waals surface area contributed by atoms with Crippen molar-refractivity contribution in [1.82, 2.24) is 0 Å². The summed E-state index contributed by atoms with van der Waals surface area (Å²) in [6, 6.07) is 8.82. The van der Waals surface area contributed by atoms with Crippen molar-refractivity contribution in [2.24, 2.45) is 10.2 Å². The summed E-state index contributed by atoms with van der Waals surface area (Å²) in [7, 11) is 0. The second-order valence-electron chi connectivity index (χ2n) is 4.28. The second-order valence-corrected chi connectivity index (χ2v) is 4.28. The average molecular weight is 250 g/mol. The highest BCUT2D eigenvalue weighted by molar-refractivity contribution is 5.66. The summed E-state index contributed by atoms with van der Waals surface area (Å²) < 4.78 is 15.9. The van der Waals surface area contributed by atoms with Gasteiger partial charge in [-0.3, -0.25) is 9.53 Å². The van der Waals surface area contributed by atoms with Crippen molar-refractivity contribution in [2.75, 3.05) is 0 Å². The van der Waals surface area contributed by atoms with Crippen LogP contribution in [-0.2, 0) is 14.3 Å². The fourth-order valence-electron chi connectivity index (χ4n) is 1.46. The Labute approximate surface area is 105 Å². The van der Waals surface area contributed by atoms with Gasteiger partial charge in [-0.25, -0.2) is 0 Å². The molecule has 1 atom stereocenters. The number of benzene rings is 1. The third-order valence-electron chi connectivity index (χ3n) is 2.05. The predicted molar refractivity (Wildman–Crippen MR) is 61.6 cm³/mol. The molecule has 0 aliphatic carbocycles. The molecule has 1 aromatic rings. The zero-order valence-electron chi connectivity index (χ0n) is 10.4. The molecule has 0 spiro atoms. The predicted octanol–water partition coefficient (Wildman–Crippen LogP) is 2.46. The van der Waals surface area contributed by atoms with Crippen LogP contribution in [0.2, 0.25) is 0 Å². The molecule has 1 heterocycles. The molecule has 0 bridgehead atoms. The Bertz CT molecular complexity index is 472. The maximum atomic E-state index is 11.1. The van der Waals surface area contributed by atoms with Gasteiger partial charge < -0.3 is 9.47 Å². The van der Waals surface area contributed by atoms with Gasteiger partial charge in [0.2, 0.25) is 0 Å². The molecule has 1 aromatic carbocycles. The van der Waals surface area contributed by atoms with Crippen molar-refractivity contribution in [3.05, 3.63) is 30.3 Å². The summed E-state index contributed by atoms with van der Waals surface area (Å²) >= 11 is 0. The van der Waals surface area contributed by atoms with Crippen LogP contribution in [0.15, 0.2) is 40.6 Å². The summed E-state index contributed by atoms with van der Waals surface area (Å²) in [5.41, 5.74) is -0.899. The first-order valence-corrected chi connectivity index (χ1v) is 5.49. The molecule has 0 aromatic heterocycles. The first-order valence-electron chi connectivity index (χ1n) is 5.49. The molecule has 2 rings (SSSR count). The number of rotatable bonds is 3. The van der Waals surface area contributed by atoms with E-state index in [4.69, 9.17) is 14.2 Å². The van der Waals surface area contributed by atoms with E-state index in [-0.39, 0.29) is 0 Å². The van der Waals surface area contributed by atoms with E-state index in [1.165, 1.54) is 6.92 Å². The molecule has 6 nitrogen and oxygen atoms in total. The Kier molecular flexibility index (Phi) is 3.04. The van der Waals surface area contributed by atoms with Gasteiger partial charge in [-0.05, 0) is 26.0 Å². The summed E-state index contributed by atoms with van der Waals surface area (Å²) in [5, 5.41) is 7.66. The van der Waals surface area contributed by atoms with Gasteiger partial charge in [0.1, 0.15) is 5.75 Å². The quantitative estimate of drug-likeness (QED) is 0.610. The first kappa shape index (κ1) is 12.5. The van der Waals surface area contributed by atoms with Crippen molar-refractivity contribution in [2.45, 2.75) is 32.6 Å². The van der Waals surface area contributed by atoms with Gasteiger partial charge in [0, 0.05) is 6.92 Å². The van der Waals surface area contributed by atoms with E-state index < -0.39 is 17.8 Å². The van der Waals surface area contributed by atoms with Crippen molar-refractivity contribution in [1.29, 1.82) is 0 Å². The molecule has 0 amide bonds. The molecule has 1 aliphatic heterocycles. The van der Waals surface area contributed by atoms with Crippen LogP contribution in [0, 0.1) is 0 Å². The first-order chi connectivity index (χ1) is 8.41. The maximum absolute atomic E-state index is 11.1. The van der Waals surface area contributed by atoms with Crippen LogP contribution in [0.25, 0.3) is 0 Å². The third kappa shape index (κ3) is 2.84. The lowest BCUT2D eigenvalue weighted by Gasteiger charge is -2.25. The maximum Gasteiger partial charge on any atom is 0.512 e. The van der Waals surface area contributed by atoms with E-state index >= 15 is 0 Å². The number of carbonyl (C=O) groups is 1. The van der Waals surface area contributed by atoms with E-state index in [0.717, 1.165) is 0 Å². The van der Waals surface area contributed by atoms with Crippen LogP contribution >= 0.6 is 0 Å². The standard InChI is InChI=1S/C12H14N2O4/c1-9(15)16-12(14-13-11(2,3)18-12)17-10-7-5-4-6-8-10/h4-8H,1-3H3. The number of hydrogen-bond acceptors (Lipinski definition) is 6. The zero-order chi connectivity index (χ0) is 13.2. The van der Waals surface area contributed by atoms with Crippen LogP contribution in [-0.4, -0.2) is 17.8 Å². The molecular weight excluding hydrogens is 236 g/mol. The molecule has 0 fully saturated rings. The van der Waals surface area contributed by atoms with Gasteiger partial charge in [-0.15, -0.1) is 5.11 Å². The van der Waals surface area contributed by atoms with E-state index in [2.05, 4.69) is 10.2 Å². The van der Waals surface area contributed by atoms with Gasteiger partial charge >= 0.3 is 12.1 Å². The van der Waals surface area contributed by atoms with E-state index in [9.17, 15) is 4.79 Å². The van der Waals surface area contributed by atoms with Gasteiger partial charge in [-0.1, -0.05) is 23.3 Å². The Morgan fingerprint density at radius 2 is 1.89 bits per heavy atom. The van der Waals surface area contributed by atoms with Gasteiger partial charge in [0.25, 0.3) is 0 Å². The van der Waals surface area contributed by atoms with Crippen LogP contribution < -0.4 is 4.74 Å². The Morgan fingerprint density at radius 3 is 2.39 bits per heavy atom. The Balaban J connectivity index is 2.22. The summed E-state index contributed by atoms with van der Waals surface area (Å²) in [6.45, 7) is 4.63. The lowest BCUT2D eigenvalue weighted by Crippen LogP contribution is -2.42. The fraction of sp³-hybridized carbons (Fsp3) is 0.417. The van der Waals surface area contributed by atoms with Gasteiger partial charge in [-0.2, -0.15) is 0 Å². The number of nitrogens with zero attached hydrogens (tertiary/aromatic N) is 2. The molecule has 96 valence electrons. The smallest absolute Gasteiger partial charge is 0.410 e. The summed E-state index contributed by atoms with van der Waals surface area (Å²) in [5.74, 6) is -0.0991. The molecule has 1 unspecified atom stereocenters. The highest BCUT2D eigenvalue weighted by Gasteiger charge is 2.50. The highest BCUT2D eigenvalue weighted by Crippen LogP contribution is 2.34. The van der Waals surface area contributed by atoms with Crippen LogP contribution in [0.4, 0.5) is 0 Å². The lowest BCUT2D eigenvalue weighted by molar-refractivity contribution is -0.331. The minimum Gasteiger partial charge on any atom is -0.410 e. The largest absolute Gasteiger partial charge is 0.512 e. The monoisotopic (exact) mass is 250 g/mol. The molecule has 0 saturated heterocycles. The van der Waals surface area contributed by atoms with Gasteiger partial charge in [0.05, 0.1) is 0 Å². The second kappa shape index (κ2) is 4.38. The van der Waals surface area contributed by atoms with Crippen molar-refractivity contribution in [3.8, 4) is 5.75 Å². The number of para-hydroxylation sites is 1. The van der Waals surface area contributed by atoms with E-state index in [1.54, 1.807) is 38.1 Å². The molecule has 0 radical (unpaired) electrons. The minimum absolute atomic E-state index is 0.468. The number of ether oxygens (including phenoxy) is 3. The molecule has 6 heteroatoms. The molecular formula is C12H14N2O4. The molecule has 0 saturated carbocycles. The van der Waals surface area contributed by atoms with Crippen molar-refractivity contribution >= 4 is 5.97 Å². The molecule has 18 heavy (non-hydrogen) atoms. The molecule has 1 aliphatic rings. The van der Waals surface area contributed by atoms with Gasteiger partial charge in [0.15, 0.2) is 5.72 Å². The number of azo groups is 1. The Morgan fingerprint density at radius 1 is 1.22 bits per heavy atom. The topological polar surface area (TPSA) is 69.5 Å². The average Bonchev–Trinajstić information content (AvgIpc) is 2.54. The lowest BCUT2D eigenvalue weighted by atomic mass is 10.3. The van der Waals surface area contributed by atoms with Crippen LogP contribution in [0.5, 0.6) is 5.75 Å². The fourth-order valence-corrected chi connectivity index (χ4v) is 1.46. The Hall–Kier alpha value is -1.95. The normalized spacial score (nSPS) is 24.8. The zero-order valence-corrected chi connectivity index (χ0v) is 10.4. The third-order valence-corrected chi connectivity index (χ3v) is 2.05.